The van der Waals surface area contributed by atoms with Gasteiger partial charge in [0.1, 0.15) is 16.6 Å². The van der Waals surface area contributed by atoms with Crippen LogP contribution in [-0.2, 0) is 19.5 Å². The first kappa shape index (κ1) is 13.9. The molecular formula is C14H15FN4OS. The zero-order chi connectivity index (χ0) is 15.0. The van der Waals surface area contributed by atoms with Gasteiger partial charge in [-0.3, -0.25) is 4.57 Å². The van der Waals surface area contributed by atoms with Gasteiger partial charge in [-0.25, -0.2) is 13.9 Å². The van der Waals surface area contributed by atoms with Crippen LogP contribution in [-0.4, -0.2) is 19.3 Å². The van der Waals surface area contributed by atoms with E-state index in [1.807, 2.05) is 0 Å². The van der Waals surface area contributed by atoms with E-state index < -0.39 is 5.82 Å². The molecule has 5 nitrogen and oxygen atoms in total. The quantitative estimate of drug-likeness (QED) is 0.866. The number of benzene rings is 1. The number of fused-ring (bicyclic) bond motifs is 1. The van der Waals surface area contributed by atoms with E-state index in [2.05, 4.69) is 5.10 Å². The van der Waals surface area contributed by atoms with Crippen molar-refractivity contribution in [2.75, 3.05) is 0 Å². The number of rotatable bonds is 3. The Morgan fingerprint density at radius 2 is 2.24 bits per heavy atom. The zero-order valence-electron chi connectivity index (χ0n) is 11.4. The molecule has 21 heavy (non-hydrogen) atoms. The van der Waals surface area contributed by atoms with Crippen molar-refractivity contribution >= 4 is 17.2 Å². The Labute approximate surface area is 126 Å². The van der Waals surface area contributed by atoms with Crippen molar-refractivity contribution < 1.29 is 4.39 Å². The Bertz CT molecular complexity index is 765. The SMILES string of the molecule is NC(=S)c1ccc(F)c(Cn2nc3n(c2=O)CCCC3)c1. The van der Waals surface area contributed by atoms with E-state index in [-0.39, 0.29) is 17.2 Å². The van der Waals surface area contributed by atoms with Gasteiger partial charge in [0.05, 0.1) is 6.54 Å². The fourth-order valence-corrected chi connectivity index (χ4v) is 2.69. The molecule has 1 aromatic heterocycles. The lowest BCUT2D eigenvalue weighted by atomic mass is 10.1. The summed E-state index contributed by atoms with van der Waals surface area (Å²) in [7, 11) is 0. The first-order chi connectivity index (χ1) is 10.1. The third-order valence-corrected chi connectivity index (χ3v) is 3.92. The highest BCUT2D eigenvalue weighted by Gasteiger charge is 2.17. The number of nitrogens with two attached hydrogens (primary N) is 1. The lowest BCUT2D eigenvalue weighted by Gasteiger charge is -2.09. The van der Waals surface area contributed by atoms with Crippen molar-refractivity contribution in [1.29, 1.82) is 0 Å². The molecule has 0 amide bonds. The van der Waals surface area contributed by atoms with Gasteiger partial charge < -0.3 is 5.73 Å². The molecule has 1 aliphatic heterocycles. The van der Waals surface area contributed by atoms with Crippen LogP contribution >= 0.6 is 12.2 Å². The van der Waals surface area contributed by atoms with Crippen molar-refractivity contribution in [2.24, 2.45) is 5.73 Å². The monoisotopic (exact) mass is 306 g/mol. The van der Waals surface area contributed by atoms with Crippen LogP contribution in [0.2, 0.25) is 0 Å². The number of hydrogen-bond donors (Lipinski definition) is 1. The Morgan fingerprint density at radius 1 is 1.43 bits per heavy atom. The minimum absolute atomic E-state index is 0.0844. The molecule has 110 valence electrons. The standard InChI is InChI=1S/C14H15FN4OS/c15-11-5-4-9(13(16)21)7-10(11)8-19-14(20)18-6-2-1-3-12(18)17-19/h4-5,7H,1-3,6,8H2,(H2,16,21). The molecule has 0 unspecified atom stereocenters. The van der Waals surface area contributed by atoms with Crippen molar-refractivity contribution in [2.45, 2.75) is 32.4 Å². The van der Waals surface area contributed by atoms with E-state index in [1.54, 1.807) is 10.6 Å². The molecule has 2 aromatic rings. The maximum absolute atomic E-state index is 13.9. The van der Waals surface area contributed by atoms with Crippen LogP contribution in [0.5, 0.6) is 0 Å². The molecule has 0 atom stereocenters. The first-order valence-electron chi connectivity index (χ1n) is 6.81. The summed E-state index contributed by atoms with van der Waals surface area (Å²) in [5.41, 5.74) is 6.31. The maximum Gasteiger partial charge on any atom is 0.346 e. The molecule has 0 bridgehead atoms. The molecular weight excluding hydrogens is 291 g/mol. The first-order valence-corrected chi connectivity index (χ1v) is 7.22. The molecule has 0 saturated heterocycles. The van der Waals surface area contributed by atoms with Crippen LogP contribution in [0.15, 0.2) is 23.0 Å². The smallest absolute Gasteiger partial charge is 0.346 e. The second kappa shape index (κ2) is 5.40. The summed E-state index contributed by atoms with van der Waals surface area (Å²) >= 11 is 4.89. The van der Waals surface area contributed by atoms with Crippen molar-refractivity contribution in [3.8, 4) is 0 Å². The molecule has 0 aliphatic carbocycles. The fourth-order valence-electron chi connectivity index (χ4n) is 2.56. The topological polar surface area (TPSA) is 65.8 Å². The Morgan fingerprint density at radius 3 is 2.95 bits per heavy atom. The molecule has 0 spiro atoms. The molecule has 0 fully saturated rings. The van der Waals surface area contributed by atoms with Crippen LogP contribution in [0.3, 0.4) is 0 Å². The minimum atomic E-state index is -0.395. The fraction of sp³-hybridized carbons (Fsp3) is 0.357. The van der Waals surface area contributed by atoms with Gasteiger partial charge in [-0.05, 0) is 31.0 Å². The minimum Gasteiger partial charge on any atom is -0.389 e. The van der Waals surface area contributed by atoms with Crippen LogP contribution in [0.1, 0.15) is 29.8 Å². The van der Waals surface area contributed by atoms with Crippen LogP contribution < -0.4 is 11.4 Å². The van der Waals surface area contributed by atoms with Gasteiger partial charge in [0.15, 0.2) is 0 Å². The van der Waals surface area contributed by atoms with Gasteiger partial charge in [0, 0.05) is 24.1 Å². The lowest BCUT2D eigenvalue weighted by molar-refractivity contribution is 0.511. The molecule has 0 saturated carbocycles. The van der Waals surface area contributed by atoms with Crippen LogP contribution in [0.25, 0.3) is 0 Å². The number of nitrogens with zero attached hydrogens (tertiary/aromatic N) is 3. The van der Waals surface area contributed by atoms with E-state index in [4.69, 9.17) is 18.0 Å². The molecule has 2 N–H and O–H groups in total. The highest BCUT2D eigenvalue weighted by Crippen LogP contribution is 2.13. The van der Waals surface area contributed by atoms with Crippen LogP contribution in [0.4, 0.5) is 4.39 Å². The van der Waals surface area contributed by atoms with Gasteiger partial charge in [0.2, 0.25) is 0 Å². The molecule has 2 heterocycles. The average Bonchev–Trinajstić information content (AvgIpc) is 2.78. The van der Waals surface area contributed by atoms with Gasteiger partial charge >= 0.3 is 5.69 Å². The van der Waals surface area contributed by atoms with E-state index in [1.165, 1.54) is 16.8 Å². The van der Waals surface area contributed by atoms with E-state index >= 15 is 0 Å². The average molecular weight is 306 g/mol. The maximum atomic E-state index is 13.9. The van der Waals surface area contributed by atoms with Gasteiger partial charge in [0.25, 0.3) is 0 Å². The second-order valence-electron chi connectivity index (χ2n) is 5.14. The van der Waals surface area contributed by atoms with E-state index in [0.29, 0.717) is 17.7 Å². The summed E-state index contributed by atoms with van der Waals surface area (Å²) in [6.07, 6.45) is 2.79. The van der Waals surface area contributed by atoms with Crippen molar-refractivity contribution in [1.82, 2.24) is 14.3 Å². The summed E-state index contributed by atoms with van der Waals surface area (Å²) in [4.78, 5) is 12.4. The number of thiocarbonyl (C=S) groups is 1. The van der Waals surface area contributed by atoms with Gasteiger partial charge in [-0.15, -0.1) is 0 Å². The summed E-state index contributed by atoms with van der Waals surface area (Å²) in [5, 5.41) is 4.30. The highest BCUT2D eigenvalue weighted by atomic mass is 32.1. The normalized spacial score (nSPS) is 14.0. The predicted molar refractivity (Wildman–Crippen MR) is 80.8 cm³/mol. The summed E-state index contributed by atoms with van der Waals surface area (Å²) in [6.45, 7) is 0.769. The van der Waals surface area contributed by atoms with E-state index in [9.17, 15) is 9.18 Å². The molecule has 0 radical (unpaired) electrons. The third kappa shape index (κ3) is 2.61. The zero-order valence-corrected chi connectivity index (χ0v) is 12.2. The molecule has 1 aliphatic rings. The largest absolute Gasteiger partial charge is 0.389 e. The van der Waals surface area contributed by atoms with Crippen molar-refractivity contribution in [3.63, 3.8) is 0 Å². The van der Waals surface area contributed by atoms with Gasteiger partial charge in [-0.2, -0.15) is 5.10 Å². The lowest BCUT2D eigenvalue weighted by Crippen LogP contribution is -2.27. The number of aromatic nitrogens is 3. The highest BCUT2D eigenvalue weighted by molar-refractivity contribution is 7.80. The summed E-state index contributed by atoms with van der Waals surface area (Å²) in [6, 6.07) is 4.41. The Hall–Kier alpha value is -2.02. The second-order valence-corrected chi connectivity index (χ2v) is 5.58. The summed E-state index contributed by atoms with van der Waals surface area (Å²) in [5.74, 6) is 0.380. The Kier molecular flexibility index (Phi) is 3.59. The van der Waals surface area contributed by atoms with Gasteiger partial charge in [-0.1, -0.05) is 12.2 Å². The van der Waals surface area contributed by atoms with Crippen molar-refractivity contribution in [3.05, 3.63) is 51.5 Å². The third-order valence-electron chi connectivity index (χ3n) is 3.68. The number of aryl methyl sites for hydroxylation is 1. The molecule has 1 aromatic carbocycles. The summed E-state index contributed by atoms with van der Waals surface area (Å²) < 4.78 is 16.9. The molecule has 3 rings (SSSR count). The van der Waals surface area contributed by atoms with E-state index in [0.717, 1.165) is 25.1 Å². The number of hydrogen-bond acceptors (Lipinski definition) is 3. The molecule has 7 heteroatoms. The van der Waals surface area contributed by atoms with Crippen LogP contribution in [0, 0.1) is 5.82 Å². The number of halogens is 1. The Balaban J connectivity index is 1.97. The predicted octanol–water partition coefficient (Wildman–Crippen LogP) is 1.20.